The van der Waals surface area contributed by atoms with E-state index in [9.17, 15) is 4.79 Å². The minimum Gasteiger partial charge on any atom is -0.496 e. The first-order chi connectivity index (χ1) is 10.1. The third-order valence-corrected chi connectivity index (χ3v) is 3.27. The molecule has 108 valence electrons. The number of hydrogen-bond acceptors (Lipinski definition) is 3. The van der Waals surface area contributed by atoms with Crippen molar-refractivity contribution in [3.63, 3.8) is 0 Å². The molecule has 2 aromatic rings. The van der Waals surface area contributed by atoms with Crippen LogP contribution in [0, 0.1) is 6.92 Å². The van der Waals surface area contributed by atoms with Gasteiger partial charge in [0.05, 0.1) is 7.11 Å². The first-order valence-electron chi connectivity index (χ1n) is 6.34. The maximum atomic E-state index is 11.9. The number of ether oxygens (including phenoxy) is 1. The number of rotatable bonds is 4. The number of pyridine rings is 1. The predicted octanol–water partition coefficient (Wildman–Crippen LogP) is 3.81. The summed E-state index contributed by atoms with van der Waals surface area (Å²) in [5.74, 6) is 0.997. The summed E-state index contributed by atoms with van der Waals surface area (Å²) in [6, 6.07) is 9.29. The summed E-state index contributed by atoms with van der Waals surface area (Å²) in [6.07, 6.45) is 4.81. The average molecular weight is 347 g/mol. The summed E-state index contributed by atoms with van der Waals surface area (Å²) < 4.78 is 6.17. The SMILES string of the molecule is COc1ccc(Br)cc1C=CC(=O)Nc1cc(C)ccn1. The van der Waals surface area contributed by atoms with Gasteiger partial charge in [0.15, 0.2) is 0 Å². The number of carbonyl (C=O) groups is 1. The van der Waals surface area contributed by atoms with Crippen LogP contribution < -0.4 is 10.1 Å². The molecule has 5 heteroatoms. The Kier molecular flexibility index (Phi) is 5.11. The highest BCUT2D eigenvalue weighted by atomic mass is 79.9. The van der Waals surface area contributed by atoms with Crippen LogP contribution in [-0.2, 0) is 4.79 Å². The second-order valence-corrected chi connectivity index (χ2v) is 5.34. The van der Waals surface area contributed by atoms with Crippen LogP contribution in [0.3, 0.4) is 0 Å². The van der Waals surface area contributed by atoms with Crippen molar-refractivity contribution in [3.05, 3.63) is 58.2 Å². The topological polar surface area (TPSA) is 51.2 Å². The minimum atomic E-state index is -0.241. The Balaban J connectivity index is 2.10. The summed E-state index contributed by atoms with van der Waals surface area (Å²) in [4.78, 5) is 16.0. The standard InChI is InChI=1S/C16H15BrN2O2/c1-11-7-8-18-15(9-11)19-16(20)6-3-12-10-13(17)4-5-14(12)21-2/h3-10H,1-2H3,(H,18,19,20). The van der Waals surface area contributed by atoms with Crippen LogP contribution in [0.15, 0.2) is 47.1 Å². The summed E-state index contributed by atoms with van der Waals surface area (Å²) in [5, 5.41) is 2.72. The van der Waals surface area contributed by atoms with Gasteiger partial charge in [-0.15, -0.1) is 0 Å². The molecule has 1 amide bonds. The van der Waals surface area contributed by atoms with Crippen LogP contribution in [0.2, 0.25) is 0 Å². The molecule has 0 fully saturated rings. The zero-order valence-electron chi connectivity index (χ0n) is 11.8. The predicted molar refractivity (Wildman–Crippen MR) is 87.3 cm³/mol. The molecule has 0 aliphatic rings. The monoisotopic (exact) mass is 346 g/mol. The highest BCUT2D eigenvalue weighted by Gasteiger charge is 2.02. The summed E-state index contributed by atoms with van der Waals surface area (Å²) >= 11 is 3.39. The lowest BCUT2D eigenvalue weighted by molar-refractivity contribution is -0.111. The number of methoxy groups -OCH3 is 1. The van der Waals surface area contributed by atoms with Gasteiger partial charge >= 0.3 is 0 Å². The number of nitrogens with one attached hydrogen (secondary N) is 1. The molecule has 0 atom stereocenters. The molecule has 2 rings (SSSR count). The molecule has 21 heavy (non-hydrogen) atoms. The number of hydrogen-bond donors (Lipinski definition) is 1. The smallest absolute Gasteiger partial charge is 0.249 e. The van der Waals surface area contributed by atoms with Crippen LogP contribution in [0.25, 0.3) is 6.08 Å². The maximum absolute atomic E-state index is 11.9. The molecule has 0 aliphatic carbocycles. The molecule has 0 aliphatic heterocycles. The van der Waals surface area contributed by atoms with Crippen LogP contribution >= 0.6 is 15.9 Å². The quantitative estimate of drug-likeness (QED) is 0.856. The zero-order valence-corrected chi connectivity index (χ0v) is 13.3. The van der Waals surface area contributed by atoms with Gasteiger partial charge < -0.3 is 10.1 Å². The minimum absolute atomic E-state index is 0.241. The van der Waals surface area contributed by atoms with E-state index in [0.29, 0.717) is 11.6 Å². The van der Waals surface area contributed by atoms with Crippen molar-refractivity contribution >= 4 is 33.7 Å². The highest BCUT2D eigenvalue weighted by Crippen LogP contribution is 2.24. The average Bonchev–Trinajstić information content (AvgIpc) is 2.45. The van der Waals surface area contributed by atoms with Gasteiger partial charge in [-0.3, -0.25) is 4.79 Å². The number of carbonyl (C=O) groups excluding carboxylic acids is 1. The fraction of sp³-hybridized carbons (Fsp3) is 0.125. The number of halogens is 1. The lowest BCUT2D eigenvalue weighted by atomic mass is 10.2. The molecule has 0 radical (unpaired) electrons. The van der Waals surface area contributed by atoms with Gasteiger partial charge in [0, 0.05) is 22.3 Å². The fourth-order valence-electron chi connectivity index (χ4n) is 1.77. The largest absolute Gasteiger partial charge is 0.496 e. The summed E-state index contributed by atoms with van der Waals surface area (Å²) in [5.41, 5.74) is 1.86. The molecule has 1 aromatic heterocycles. The number of aromatic nitrogens is 1. The molecule has 1 heterocycles. The molecular weight excluding hydrogens is 332 g/mol. The van der Waals surface area contributed by atoms with E-state index in [-0.39, 0.29) is 5.91 Å². The van der Waals surface area contributed by atoms with E-state index in [1.54, 1.807) is 19.4 Å². The maximum Gasteiger partial charge on any atom is 0.249 e. The molecule has 4 nitrogen and oxygen atoms in total. The Morgan fingerprint density at radius 3 is 2.86 bits per heavy atom. The molecule has 1 N–H and O–H groups in total. The first-order valence-corrected chi connectivity index (χ1v) is 7.13. The van der Waals surface area contributed by atoms with Gasteiger partial charge in [-0.2, -0.15) is 0 Å². The van der Waals surface area contributed by atoms with E-state index < -0.39 is 0 Å². The lowest BCUT2D eigenvalue weighted by Crippen LogP contribution is -2.09. The molecule has 1 aromatic carbocycles. The number of amides is 1. The van der Waals surface area contributed by atoms with Gasteiger partial charge in [0.25, 0.3) is 0 Å². The Hall–Kier alpha value is -2.14. The highest BCUT2D eigenvalue weighted by molar-refractivity contribution is 9.10. The molecular formula is C16H15BrN2O2. The van der Waals surface area contributed by atoms with Crippen LogP contribution in [-0.4, -0.2) is 18.0 Å². The van der Waals surface area contributed by atoms with Gasteiger partial charge in [-0.05, 0) is 48.9 Å². The van der Waals surface area contributed by atoms with E-state index in [2.05, 4.69) is 26.2 Å². The fourth-order valence-corrected chi connectivity index (χ4v) is 2.15. The van der Waals surface area contributed by atoms with Crippen molar-refractivity contribution < 1.29 is 9.53 Å². The Labute approximate surface area is 132 Å². The molecule has 0 saturated carbocycles. The molecule has 0 bridgehead atoms. The van der Waals surface area contributed by atoms with E-state index in [1.807, 2.05) is 37.3 Å². The second kappa shape index (κ2) is 7.04. The second-order valence-electron chi connectivity index (χ2n) is 4.43. The third kappa shape index (κ3) is 4.43. The number of nitrogens with zero attached hydrogens (tertiary/aromatic N) is 1. The van der Waals surface area contributed by atoms with Gasteiger partial charge in [-0.1, -0.05) is 15.9 Å². The molecule has 0 unspecified atom stereocenters. The van der Waals surface area contributed by atoms with Crippen LogP contribution in [0.5, 0.6) is 5.75 Å². The third-order valence-electron chi connectivity index (χ3n) is 2.77. The molecule has 0 saturated heterocycles. The Morgan fingerprint density at radius 1 is 1.33 bits per heavy atom. The summed E-state index contributed by atoms with van der Waals surface area (Å²) in [7, 11) is 1.59. The summed E-state index contributed by atoms with van der Waals surface area (Å²) in [6.45, 7) is 1.94. The van der Waals surface area contributed by atoms with E-state index in [4.69, 9.17) is 4.74 Å². The van der Waals surface area contributed by atoms with Crippen molar-refractivity contribution in [2.75, 3.05) is 12.4 Å². The van der Waals surface area contributed by atoms with E-state index in [0.717, 1.165) is 15.6 Å². The number of benzene rings is 1. The van der Waals surface area contributed by atoms with Gasteiger partial charge in [-0.25, -0.2) is 4.98 Å². The van der Waals surface area contributed by atoms with Crippen molar-refractivity contribution in [2.24, 2.45) is 0 Å². The van der Waals surface area contributed by atoms with Crippen molar-refractivity contribution in [2.45, 2.75) is 6.92 Å². The van der Waals surface area contributed by atoms with Gasteiger partial charge in [0.1, 0.15) is 11.6 Å². The number of aryl methyl sites for hydroxylation is 1. The zero-order chi connectivity index (χ0) is 15.2. The Morgan fingerprint density at radius 2 is 2.14 bits per heavy atom. The van der Waals surface area contributed by atoms with Crippen LogP contribution in [0.4, 0.5) is 5.82 Å². The van der Waals surface area contributed by atoms with Gasteiger partial charge in [0.2, 0.25) is 5.91 Å². The van der Waals surface area contributed by atoms with Crippen molar-refractivity contribution in [1.29, 1.82) is 0 Å². The Bertz CT molecular complexity index is 684. The van der Waals surface area contributed by atoms with Crippen molar-refractivity contribution in [3.8, 4) is 5.75 Å². The lowest BCUT2D eigenvalue weighted by Gasteiger charge is -2.05. The van der Waals surface area contributed by atoms with Crippen LogP contribution in [0.1, 0.15) is 11.1 Å². The van der Waals surface area contributed by atoms with Crippen molar-refractivity contribution in [1.82, 2.24) is 4.98 Å². The van der Waals surface area contributed by atoms with E-state index in [1.165, 1.54) is 6.08 Å². The van der Waals surface area contributed by atoms with E-state index >= 15 is 0 Å². The number of anilines is 1. The molecule has 0 spiro atoms. The normalized spacial score (nSPS) is 10.6. The first kappa shape index (κ1) is 15.3.